The zero-order valence-corrected chi connectivity index (χ0v) is 6.84. The molecule has 1 heterocycles. The van der Waals surface area contributed by atoms with Gasteiger partial charge in [0.1, 0.15) is 5.69 Å². The van der Waals surface area contributed by atoms with E-state index in [9.17, 15) is 4.79 Å². The van der Waals surface area contributed by atoms with Crippen molar-refractivity contribution >= 4 is 17.6 Å². The average Bonchev–Trinajstić information content (AvgIpc) is 2.36. The Morgan fingerprint density at radius 2 is 2.55 bits per heavy atom. The first-order valence-electron chi connectivity index (χ1n) is 3.10. The van der Waals surface area contributed by atoms with Crippen LogP contribution in [0.1, 0.15) is 10.5 Å². The summed E-state index contributed by atoms with van der Waals surface area (Å²) >= 11 is 5.21. The van der Waals surface area contributed by atoms with Crippen LogP contribution in [0.25, 0.3) is 0 Å². The highest BCUT2D eigenvalue weighted by Crippen LogP contribution is 2.01. The van der Waals surface area contributed by atoms with Gasteiger partial charge in [0, 0.05) is 13.2 Å². The lowest BCUT2D eigenvalue weighted by Gasteiger charge is -2.00. The van der Waals surface area contributed by atoms with Gasteiger partial charge in [-0.25, -0.2) is 4.79 Å². The summed E-state index contributed by atoms with van der Waals surface area (Å²) in [5.41, 5.74) is 0.505. The van der Waals surface area contributed by atoms with Crippen molar-refractivity contribution in [3.05, 3.63) is 24.0 Å². The highest BCUT2D eigenvalue weighted by Gasteiger charge is 2.08. The number of rotatable bonds is 2. The van der Waals surface area contributed by atoms with E-state index in [4.69, 9.17) is 11.6 Å². The molecule has 3 nitrogen and oxygen atoms in total. The minimum absolute atomic E-state index is 0.107. The number of halogens is 1. The van der Waals surface area contributed by atoms with E-state index in [-0.39, 0.29) is 6.07 Å². The maximum absolute atomic E-state index is 11.0. The van der Waals surface area contributed by atoms with Crippen LogP contribution in [0, 0.1) is 0 Å². The van der Waals surface area contributed by atoms with E-state index in [2.05, 4.69) is 4.74 Å². The Kier molecular flexibility index (Phi) is 2.54. The molecule has 0 aliphatic carbocycles. The molecular weight excluding hydrogens is 166 g/mol. The molecule has 1 aromatic rings. The fraction of sp³-hybridized carbons (Fsp3) is 0.286. The summed E-state index contributed by atoms with van der Waals surface area (Å²) in [6, 6.07) is 3.34. The lowest BCUT2D eigenvalue weighted by atomic mass is 10.4. The number of aromatic nitrogens is 1. The van der Waals surface area contributed by atoms with Crippen molar-refractivity contribution in [2.24, 2.45) is 7.05 Å². The largest absolute Gasteiger partial charge is 0.445 e. The van der Waals surface area contributed by atoms with Gasteiger partial charge in [0.05, 0.1) is 0 Å². The van der Waals surface area contributed by atoms with Crippen LogP contribution in [0.2, 0.25) is 0 Å². The second kappa shape index (κ2) is 3.44. The summed E-state index contributed by atoms with van der Waals surface area (Å²) in [5.74, 6) is -0.396. The Labute approximate surface area is 69.5 Å². The molecule has 0 saturated carbocycles. The molecule has 11 heavy (non-hydrogen) atoms. The van der Waals surface area contributed by atoms with Crippen LogP contribution in [0.5, 0.6) is 0 Å². The van der Waals surface area contributed by atoms with E-state index in [1.807, 2.05) is 0 Å². The standard InChI is InChI=1S/C7H8ClNO2/c1-9-4-2-3-6(9)7(10)11-5-8/h2-4H,5H2,1H3. The van der Waals surface area contributed by atoms with Crippen molar-refractivity contribution < 1.29 is 9.53 Å². The summed E-state index contributed by atoms with van der Waals surface area (Å²) in [4.78, 5) is 11.0. The van der Waals surface area contributed by atoms with E-state index < -0.39 is 5.97 Å². The Morgan fingerprint density at radius 1 is 1.82 bits per heavy atom. The van der Waals surface area contributed by atoms with E-state index in [1.165, 1.54) is 0 Å². The van der Waals surface area contributed by atoms with Crippen LogP contribution in [-0.2, 0) is 11.8 Å². The Morgan fingerprint density at radius 3 is 3.00 bits per heavy atom. The molecule has 0 fully saturated rings. The molecular formula is C7H8ClNO2. The number of hydrogen-bond donors (Lipinski definition) is 0. The van der Waals surface area contributed by atoms with Crippen LogP contribution in [0.15, 0.2) is 18.3 Å². The second-order valence-electron chi connectivity index (χ2n) is 2.05. The highest BCUT2D eigenvalue weighted by molar-refractivity contribution is 6.17. The first-order valence-corrected chi connectivity index (χ1v) is 3.63. The number of hydrogen-bond acceptors (Lipinski definition) is 2. The molecule has 4 heteroatoms. The van der Waals surface area contributed by atoms with E-state index in [1.54, 1.807) is 29.9 Å². The van der Waals surface area contributed by atoms with Crippen molar-refractivity contribution in [1.29, 1.82) is 0 Å². The fourth-order valence-electron chi connectivity index (χ4n) is 0.797. The van der Waals surface area contributed by atoms with Gasteiger partial charge in [0.25, 0.3) is 0 Å². The third-order valence-corrected chi connectivity index (χ3v) is 1.45. The summed E-state index contributed by atoms with van der Waals surface area (Å²) in [6.45, 7) is 0. The maximum Gasteiger partial charge on any atom is 0.356 e. The van der Waals surface area contributed by atoms with Crippen molar-refractivity contribution in [3.63, 3.8) is 0 Å². The normalized spacial score (nSPS) is 9.64. The monoisotopic (exact) mass is 173 g/mol. The Balaban J connectivity index is 2.76. The molecule has 0 spiro atoms. The SMILES string of the molecule is Cn1cccc1C(=O)OCCl. The molecule has 0 bridgehead atoms. The van der Waals surface area contributed by atoms with E-state index >= 15 is 0 Å². The highest BCUT2D eigenvalue weighted by atomic mass is 35.5. The zero-order chi connectivity index (χ0) is 8.27. The van der Waals surface area contributed by atoms with Gasteiger partial charge < -0.3 is 9.30 Å². The molecule has 0 aromatic carbocycles. The number of carbonyl (C=O) groups excluding carboxylic acids is 1. The molecule has 0 aliphatic rings. The predicted molar refractivity (Wildman–Crippen MR) is 41.5 cm³/mol. The number of esters is 1. The molecule has 0 amide bonds. The van der Waals surface area contributed by atoms with E-state index in [0.717, 1.165) is 0 Å². The van der Waals surface area contributed by atoms with Crippen molar-refractivity contribution in [1.82, 2.24) is 4.57 Å². The molecule has 1 aromatic heterocycles. The number of alkyl halides is 1. The van der Waals surface area contributed by atoms with E-state index in [0.29, 0.717) is 5.69 Å². The molecule has 1 rings (SSSR count). The lowest BCUT2D eigenvalue weighted by molar-refractivity contribution is 0.0563. The maximum atomic E-state index is 11.0. The lowest BCUT2D eigenvalue weighted by Crippen LogP contribution is -2.08. The van der Waals surface area contributed by atoms with Gasteiger partial charge in [-0.1, -0.05) is 11.6 Å². The third kappa shape index (κ3) is 1.74. The molecule has 0 saturated heterocycles. The second-order valence-corrected chi connectivity index (χ2v) is 2.26. The Bertz CT molecular complexity index is 257. The topological polar surface area (TPSA) is 31.2 Å². The molecule has 0 radical (unpaired) electrons. The number of carbonyl (C=O) groups is 1. The average molecular weight is 174 g/mol. The summed E-state index contributed by atoms with van der Waals surface area (Å²) in [5, 5.41) is 0. The van der Waals surface area contributed by atoms with Gasteiger partial charge in [-0.15, -0.1) is 0 Å². The summed E-state index contributed by atoms with van der Waals surface area (Å²) in [7, 11) is 1.77. The first-order chi connectivity index (χ1) is 5.25. The predicted octanol–water partition coefficient (Wildman–Crippen LogP) is 1.38. The molecule has 0 aliphatic heterocycles. The fourth-order valence-corrected chi connectivity index (χ4v) is 0.896. The first kappa shape index (κ1) is 8.14. The van der Waals surface area contributed by atoms with Gasteiger partial charge in [0.15, 0.2) is 6.07 Å². The van der Waals surface area contributed by atoms with Crippen LogP contribution in [0.4, 0.5) is 0 Å². The molecule has 0 atom stereocenters. The minimum Gasteiger partial charge on any atom is -0.445 e. The molecule has 60 valence electrons. The third-order valence-electron chi connectivity index (χ3n) is 1.34. The smallest absolute Gasteiger partial charge is 0.356 e. The minimum atomic E-state index is -0.396. The van der Waals surface area contributed by atoms with Gasteiger partial charge in [0.2, 0.25) is 0 Å². The van der Waals surface area contributed by atoms with Gasteiger partial charge in [-0.3, -0.25) is 0 Å². The van der Waals surface area contributed by atoms with Crippen LogP contribution in [0.3, 0.4) is 0 Å². The van der Waals surface area contributed by atoms with Crippen molar-refractivity contribution in [2.45, 2.75) is 0 Å². The van der Waals surface area contributed by atoms with Crippen molar-refractivity contribution in [3.8, 4) is 0 Å². The van der Waals surface area contributed by atoms with Gasteiger partial charge >= 0.3 is 5.97 Å². The number of aryl methyl sites for hydroxylation is 1. The quantitative estimate of drug-likeness (QED) is 0.500. The zero-order valence-electron chi connectivity index (χ0n) is 6.08. The number of ether oxygens (including phenoxy) is 1. The van der Waals surface area contributed by atoms with Crippen LogP contribution >= 0.6 is 11.6 Å². The van der Waals surface area contributed by atoms with Crippen molar-refractivity contribution in [2.75, 3.05) is 6.07 Å². The Hall–Kier alpha value is -0.960. The summed E-state index contributed by atoms with van der Waals surface area (Å²) in [6.07, 6.45) is 1.77. The van der Waals surface area contributed by atoms with Gasteiger partial charge in [-0.05, 0) is 12.1 Å². The molecule has 0 unspecified atom stereocenters. The molecule has 0 N–H and O–H groups in total. The van der Waals surface area contributed by atoms with Crippen LogP contribution < -0.4 is 0 Å². The number of nitrogens with zero attached hydrogens (tertiary/aromatic N) is 1. The summed E-state index contributed by atoms with van der Waals surface area (Å²) < 4.78 is 6.25. The van der Waals surface area contributed by atoms with Gasteiger partial charge in [-0.2, -0.15) is 0 Å². The van der Waals surface area contributed by atoms with Crippen LogP contribution in [-0.4, -0.2) is 16.6 Å².